The van der Waals surface area contributed by atoms with Crippen molar-refractivity contribution < 1.29 is 31.1 Å². The maximum absolute atomic E-state index is 17.8. The van der Waals surface area contributed by atoms with Crippen LogP contribution >= 0.6 is 0 Å². The zero-order valence-electron chi connectivity index (χ0n) is 31.4. The van der Waals surface area contributed by atoms with Crippen molar-refractivity contribution in [2.45, 2.75) is 89.0 Å². The molecule has 0 radical (unpaired) electrons. The molecule has 296 valence electrons. The predicted molar refractivity (Wildman–Crippen MR) is 203 cm³/mol. The van der Waals surface area contributed by atoms with E-state index < -0.39 is 40.6 Å². The first-order valence-electron chi connectivity index (χ1n) is 19.7. The highest BCUT2D eigenvalue weighted by atomic mass is 19.1. The fourth-order valence-electron chi connectivity index (χ4n) is 10.6. The number of alkyl halides is 1. The third-order valence-corrected chi connectivity index (χ3v) is 13.0. The number of nitrogens with zero attached hydrogens (tertiary/aromatic N) is 6. The maximum atomic E-state index is 17.8. The number of hydrazine groups is 1. The number of nitrogen functional groups attached to an aromatic ring is 1. The van der Waals surface area contributed by atoms with Crippen molar-refractivity contribution in [1.29, 1.82) is 0 Å². The van der Waals surface area contributed by atoms with Crippen LogP contribution < -0.4 is 11.6 Å². The number of halogens is 4. The minimum atomic E-state index is -1.02. The average molecular weight is 784 g/mol. The first-order chi connectivity index (χ1) is 27.6. The number of hydrogen-bond acceptors (Lipinski definition) is 11. The topological polar surface area (TPSA) is 117 Å². The second-order valence-corrected chi connectivity index (χ2v) is 16.0. The Kier molecular flexibility index (Phi) is 8.46. The largest absolute Gasteiger partial charge is 0.519 e. The van der Waals surface area contributed by atoms with Crippen molar-refractivity contribution >= 4 is 28.0 Å². The number of benzene rings is 1. The molecule has 7 aliphatic heterocycles. The highest BCUT2D eigenvalue weighted by Gasteiger charge is 2.53. The predicted octanol–water partition coefficient (Wildman–Crippen LogP) is 6.98. The fraction of sp³-hybridized carbons (Fsp3) is 0.452. The number of aliphatic imine (C=N–C) groups is 1. The Bertz CT molecular complexity index is 2500. The Morgan fingerprint density at radius 2 is 1.96 bits per heavy atom. The van der Waals surface area contributed by atoms with E-state index in [-0.39, 0.29) is 72.1 Å². The number of pyridine rings is 1. The highest BCUT2D eigenvalue weighted by Crippen LogP contribution is 2.52. The van der Waals surface area contributed by atoms with E-state index in [4.69, 9.17) is 30.7 Å². The first kappa shape index (κ1) is 36.0. The zero-order chi connectivity index (χ0) is 39.3. The van der Waals surface area contributed by atoms with Gasteiger partial charge < -0.3 is 19.3 Å². The standard InChI is InChI=1S/C42H41F4N7O4/c1-3-24-26(44)10-9-22-15-33(47)49-39(35(22)24)37-27(45)16-34(55-20-42-13-6-14-50(42)18-23(43)17-42)53-30(38(37)46)8-5-7-25-28-11-12-29-36(25)40(53)48-21-52(29)51(28)19-32-31(4-2)56-41(54)57-32/h1,9-10,15-16,23,25,28H,4-8,11-14,17-21H2,2H3,(H2,47,49)/t23-,25+,28+,42+/m1/s1. The molecule has 2 N–H and O–H groups in total. The van der Waals surface area contributed by atoms with Gasteiger partial charge in [-0.1, -0.05) is 18.9 Å². The number of ether oxygens (including phenoxy) is 1. The molecule has 0 amide bonds. The van der Waals surface area contributed by atoms with Gasteiger partial charge in [0.1, 0.15) is 42.7 Å². The molecule has 4 fully saturated rings. The van der Waals surface area contributed by atoms with Gasteiger partial charge in [-0.2, -0.15) is 0 Å². The van der Waals surface area contributed by atoms with Gasteiger partial charge >= 0.3 is 5.82 Å². The quantitative estimate of drug-likeness (QED) is 0.199. The number of aromatic nitrogens is 1. The Labute approximate surface area is 325 Å². The van der Waals surface area contributed by atoms with Gasteiger partial charge in [-0.3, -0.25) is 14.8 Å². The van der Waals surface area contributed by atoms with E-state index in [2.05, 4.69) is 25.8 Å². The summed E-state index contributed by atoms with van der Waals surface area (Å²) in [6, 6.07) is 4.13. The van der Waals surface area contributed by atoms with Crippen LogP contribution in [0.2, 0.25) is 0 Å². The number of aryl methyl sites for hydroxylation is 1. The average Bonchev–Trinajstić information content (AvgIpc) is 3.82. The van der Waals surface area contributed by atoms with Gasteiger partial charge in [0.05, 0.1) is 34.6 Å². The molecule has 11 nitrogen and oxygen atoms in total. The number of amidine groups is 1. The lowest BCUT2D eigenvalue weighted by Crippen LogP contribution is -2.62. The first-order valence-corrected chi connectivity index (χ1v) is 19.7. The number of terminal acetylenes is 1. The molecular weight excluding hydrogens is 742 g/mol. The van der Waals surface area contributed by atoms with Crippen molar-refractivity contribution in [2.24, 2.45) is 10.9 Å². The SMILES string of the molecule is C#Cc1c(F)ccc2cc(N)nc(C3=C(F)C=C(OC[C@@]45CCCN4C[C@H](F)C5)N4C5=NCN6C7=C5[C@@H](CCCC4=C3F)[C@H](CC7)N6Cc3oc(=O)oc3CC)c12. The van der Waals surface area contributed by atoms with Gasteiger partial charge in [0.25, 0.3) is 0 Å². The molecule has 9 heterocycles. The normalized spacial score (nSPS) is 27.3. The van der Waals surface area contributed by atoms with Crippen molar-refractivity contribution in [3.63, 3.8) is 0 Å². The maximum Gasteiger partial charge on any atom is 0.519 e. The molecule has 3 aromatic rings. The summed E-state index contributed by atoms with van der Waals surface area (Å²) in [7, 11) is 0. The summed E-state index contributed by atoms with van der Waals surface area (Å²) < 4.78 is 82.7. The summed E-state index contributed by atoms with van der Waals surface area (Å²) in [5, 5.41) is 4.73. The van der Waals surface area contributed by atoms with Gasteiger partial charge in [0.2, 0.25) is 5.88 Å². The van der Waals surface area contributed by atoms with Crippen LogP contribution in [-0.4, -0.2) is 74.8 Å². The molecular formula is C42H41F4N7O4. The molecule has 57 heavy (non-hydrogen) atoms. The lowest BCUT2D eigenvalue weighted by atomic mass is 9.73. The van der Waals surface area contributed by atoms with Crippen LogP contribution in [0.5, 0.6) is 0 Å². The smallest absolute Gasteiger partial charge is 0.477 e. The molecule has 1 aliphatic carbocycles. The molecule has 0 spiro atoms. The van der Waals surface area contributed by atoms with Crippen molar-refractivity contribution in [2.75, 3.05) is 32.1 Å². The van der Waals surface area contributed by atoms with E-state index in [1.807, 2.05) is 6.92 Å². The molecule has 0 unspecified atom stereocenters. The van der Waals surface area contributed by atoms with Gasteiger partial charge in [-0.15, -0.1) is 6.42 Å². The molecule has 15 heteroatoms. The Balaban J connectivity index is 1.13. The van der Waals surface area contributed by atoms with Crippen LogP contribution in [0.15, 0.2) is 77.4 Å². The summed E-state index contributed by atoms with van der Waals surface area (Å²) in [6.45, 7) is 3.47. The second kappa shape index (κ2) is 13.4. The lowest BCUT2D eigenvalue weighted by Gasteiger charge is -2.57. The molecule has 2 aromatic heterocycles. The lowest BCUT2D eigenvalue weighted by molar-refractivity contribution is -0.105. The van der Waals surface area contributed by atoms with Crippen LogP contribution in [0.1, 0.15) is 81.1 Å². The Morgan fingerprint density at radius 1 is 1.12 bits per heavy atom. The van der Waals surface area contributed by atoms with Crippen LogP contribution in [0.4, 0.5) is 23.4 Å². The summed E-state index contributed by atoms with van der Waals surface area (Å²) in [4.78, 5) is 25.3. The Morgan fingerprint density at radius 3 is 2.79 bits per heavy atom. The van der Waals surface area contributed by atoms with Gasteiger partial charge in [-0.25, -0.2) is 37.3 Å². The summed E-state index contributed by atoms with van der Waals surface area (Å²) in [6.07, 6.45) is 11.2. The fourth-order valence-corrected chi connectivity index (χ4v) is 10.6. The summed E-state index contributed by atoms with van der Waals surface area (Å²) in [5.41, 5.74) is 6.74. The van der Waals surface area contributed by atoms with Gasteiger partial charge in [0.15, 0.2) is 17.3 Å². The number of allylic oxidation sites excluding steroid dienone is 6. The third kappa shape index (κ3) is 5.50. The monoisotopic (exact) mass is 783 g/mol. The summed E-state index contributed by atoms with van der Waals surface area (Å²) >= 11 is 0. The second-order valence-electron chi connectivity index (χ2n) is 16.0. The molecule has 11 rings (SSSR count). The molecule has 1 aromatic carbocycles. The summed E-state index contributed by atoms with van der Waals surface area (Å²) in [5.74, 6) is 0.332. The van der Waals surface area contributed by atoms with Gasteiger partial charge in [0, 0.05) is 54.1 Å². The van der Waals surface area contributed by atoms with E-state index in [1.165, 1.54) is 18.2 Å². The number of anilines is 1. The highest BCUT2D eigenvalue weighted by molar-refractivity contribution is 6.05. The molecule has 4 saturated heterocycles. The molecule has 8 aliphatic rings. The molecule has 4 atom stereocenters. The number of rotatable bonds is 7. The van der Waals surface area contributed by atoms with Crippen LogP contribution in [-0.2, 0) is 17.7 Å². The number of hydrogen-bond donors (Lipinski definition) is 1. The van der Waals surface area contributed by atoms with E-state index in [0.29, 0.717) is 61.5 Å². The number of fused-ring (bicyclic) bond motifs is 5. The number of nitrogens with two attached hydrogens (primary N) is 1. The van der Waals surface area contributed by atoms with Crippen molar-refractivity contribution in [1.82, 2.24) is 24.8 Å². The van der Waals surface area contributed by atoms with Crippen molar-refractivity contribution in [3.05, 3.63) is 98.0 Å². The third-order valence-electron chi connectivity index (χ3n) is 13.0. The van der Waals surface area contributed by atoms with E-state index in [9.17, 15) is 9.18 Å². The van der Waals surface area contributed by atoms with E-state index >= 15 is 13.2 Å². The van der Waals surface area contributed by atoms with Crippen LogP contribution in [0.3, 0.4) is 0 Å². The molecule has 4 bridgehead atoms. The Hall–Kier alpha value is -5.33. The molecule has 0 saturated carbocycles. The minimum absolute atomic E-state index is 0.000108. The van der Waals surface area contributed by atoms with E-state index in [1.54, 1.807) is 4.90 Å². The minimum Gasteiger partial charge on any atom is -0.477 e. The van der Waals surface area contributed by atoms with Crippen molar-refractivity contribution in [3.8, 4) is 12.3 Å². The van der Waals surface area contributed by atoms with Gasteiger partial charge in [-0.05, 0) is 69.0 Å². The van der Waals surface area contributed by atoms with Crippen LogP contribution in [0.25, 0.3) is 16.3 Å². The zero-order valence-corrected chi connectivity index (χ0v) is 31.4. The van der Waals surface area contributed by atoms with E-state index in [0.717, 1.165) is 43.2 Å². The van der Waals surface area contributed by atoms with Crippen LogP contribution in [0, 0.1) is 24.1 Å².